The molecule has 15 heavy (non-hydrogen) atoms. The molecule has 5 heteroatoms. The molecule has 5 N–H and O–H groups in total. The van der Waals surface area contributed by atoms with Crippen molar-refractivity contribution >= 4 is 11.8 Å². The lowest BCUT2D eigenvalue weighted by atomic mass is 10.1. The van der Waals surface area contributed by atoms with Gasteiger partial charge in [0.25, 0.3) is 5.97 Å². The van der Waals surface area contributed by atoms with Crippen LogP contribution in [0.1, 0.15) is 18.1 Å². The van der Waals surface area contributed by atoms with Crippen LogP contribution in [0.4, 0.5) is 0 Å². The second-order valence-corrected chi connectivity index (χ2v) is 2.75. The summed E-state index contributed by atoms with van der Waals surface area (Å²) in [5.41, 5.74) is 6.56. The number of hydrogen-bond acceptors (Lipinski definition) is 3. The predicted octanol–water partition coefficient (Wildman–Crippen LogP) is 0.554. The molecule has 82 valence electrons. The minimum atomic E-state index is -0.833. The molecule has 0 aromatic heterocycles. The average molecular weight is 210 g/mol. The van der Waals surface area contributed by atoms with Gasteiger partial charge in [-0.05, 0) is 5.56 Å². The summed E-state index contributed by atoms with van der Waals surface area (Å²) >= 11 is 0. The zero-order chi connectivity index (χ0) is 11.8. The fraction of sp³-hybridized carbons (Fsp3) is 0.200. The Morgan fingerprint density at radius 3 is 2.27 bits per heavy atom. The molecule has 0 fully saturated rings. The van der Waals surface area contributed by atoms with E-state index in [4.69, 9.17) is 26.2 Å². The van der Waals surface area contributed by atoms with Crippen molar-refractivity contribution in [2.24, 2.45) is 5.73 Å². The minimum Gasteiger partial charge on any atom is -0.481 e. The van der Waals surface area contributed by atoms with Crippen molar-refractivity contribution in [3.63, 3.8) is 0 Å². The van der Waals surface area contributed by atoms with Crippen LogP contribution in [0.5, 0.6) is 0 Å². The zero-order valence-corrected chi connectivity index (χ0v) is 8.40. The maximum Gasteiger partial charge on any atom is 0.300 e. The molecule has 5 nitrogen and oxygen atoms in total. The fourth-order valence-electron chi connectivity index (χ4n) is 0.921. The summed E-state index contributed by atoms with van der Waals surface area (Å²) in [6.07, 6.45) is 0. The molecule has 0 saturated carbocycles. The molecule has 0 aliphatic carbocycles. The molecule has 0 amide bonds. The SMILES string of the molecule is CC(=O)O.N=C(N)c1ccccc1CO. The van der Waals surface area contributed by atoms with Crippen molar-refractivity contribution in [3.05, 3.63) is 35.4 Å². The van der Waals surface area contributed by atoms with E-state index >= 15 is 0 Å². The van der Waals surface area contributed by atoms with Gasteiger partial charge in [-0.1, -0.05) is 24.3 Å². The molecule has 1 rings (SSSR count). The van der Waals surface area contributed by atoms with E-state index in [1.807, 2.05) is 0 Å². The molecule has 0 aliphatic rings. The summed E-state index contributed by atoms with van der Waals surface area (Å²) in [7, 11) is 0. The van der Waals surface area contributed by atoms with Crippen LogP contribution in [0.15, 0.2) is 24.3 Å². The average Bonchev–Trinajstić information content (AvgIpc) is 2.16. The second kappa shape index (κ2) is 6.56. The quantitative estimate of drug-likeness (QED) is 0.422. The maximum absolute atomic E-state index is 9.00. The molecule has 1 aromatic rings. The summed E-state index contributed by atoms with van der Waals surface area (Å²) in [6.45, 7) is 1.01. The lowest BCUT2D eigenvalue weighted by molar-refractivity contribution is -0.134. The van der Waals surface area contributed by atoms with Crippen molar-refractivity contribution in [2.75, 3.05) is 0 Å². The first-order chi connectivity index (χ1) is 6.99. The minimum absolute atomic E-state index is 0.00495. The lowest BCUT2D eigenvalue weighted by Crippen LogP contribution is -2.13. The Balaban J connectivity index is 0.000000423. The molecular weight excluding hydrogens is 196 g/mol. The van der Waals surface area contributed by atoms with E-state index in [2.05, 4.69) is 0 Å². The number of carboxylic acid groups (broad SMARTS) is 1. The molecule has 0 saturated heterocycles. The summed E-state index contributed by atoms with van der Waals surface area (Å²) in [5.74, 6) is -0.838. The van der Waals surface area contributed by atoms with Gasteiger partial charge in [0.05, 0.1) is 6.61 Å². The van der Waals surface area contributed by atoms with E-state index < -0.39 is 5.97 Å². The topological polar surface area (TPSA) is 107 Å². The largest absolute Gasteiger partial charge is 0.481 e. The highest BCUT2D eigenvalue weighted by atomic mass is 16.4. The lowest BCUT2D eigenvalue weighted by Gasteiger charge is -2.03. The third-order valence-electron chi connectivity index (χ3n) is 1.48. The molecule has 0 radical (unpaired) electrons. The van der Waals surface area contributed by atoms with Gasteiger partial charge in [0.2, 0.25) is 0 Å². The van der Waals surface area contributed by atoms with Gasteiger partial charge in [0, 0.05) is 12.5 Å². The van der Waals surface area contributed by atoms with E-state index in [0.717, 1.165) is 6.92 Å². The molecule has 1 aromatic carbocycles. The molecule has 0 bridgehead atoms. The second-order valence-electron chi connectivity index (χ2n) is 2.75. The predicted molar refractivity (Wildman–Crippen MR) is 56.7 cm³/mol. The zero-order valence-electron chi connectivity index (χ0n) is 8.40. The number of rotatable bonds is 2. The molecule has 0 heterocycles. The van der Waals surface area contributed by atoms with Crippen LogP contribution < -0.4 is 5.73 Å². The number of carbonyl (C=O) groups is 1. The van der Waals surface area contributed by atoms with E-state index in [1.54, 1.807) is 24.3 Å². The number of nitrogens with two attached hydrogens (primary N) is 1. The van der Waals surface area contributed by atoms with E-state index in [9.17, 15) is 0 Å². The van der Waals surface area contributed by atoms with Gasteiger partial charge in [0.15, 0.2) is 0 Å². The van der Waals surface area contributed by atoms with Crippen molar-refractivity contribution in [1.29, 1.82) is 5.41 Å². The summed E-state index contributed by atoms with van der Waals surface area (Å²) in [6, 6.07) is 7.05. The third-order valence-corrected chi connectivity index (χ3v) is 1.48. The first kappa shape index (κ1) is 13.1. The number of nitrogen functional groups attached to an aromatic ring is 1. The number of carboxylic acids is 1. The van der Waals surface area contributed by atoms with Crippen LogP contribution in [0.25, 0.3) is 0 Å². The van der Waals surface area contributed by atoms with E-state index in [1.165, 1.54) is 0 Å². The Morgan fingerprint density at radius 1 is 1.47 bits per heavy atom. The van der Waals surface area contributed by atoms with Crippen LogP contribution in [0.3, 0.4) is 0 Å². The molecule has 0 atom stereocenters. The fourth-order valence-corrected chi connectivity index (χ4v) is 0.921. The normalized spacial score (nSPS) is 8.67. The molecule has 0 aliphatic heterocycles. The molecular formula is C10H14N2O3. The number of hydrogen-bond donors (Lipinski definition) is 4. The van der Waals surface area contributed by atoms with Crippen molar-refractivity contribution < 1.29 is 15.0 Å². The van der Waals surface area contributed by atoms with Crippen LogP contribution in [0.2, 0.25) is 0 Å². The number of aliphatic hydroxyl groups is 1. The highest BCUT2D eigenvalue weighted by molar-refractivity contribution is 5.96. The number of aliphatic carboxylic acids is 1. The number of amidine groups is 1. The van der Waals surface area contributed by atoms with Crippen LogP contribution >= 0.6 is 0 Å². The van der Waals surface area contributed by atoms with Crippen molar-refractivity contribution in [3.8, 4) is 0 Å². The number of benzene rings is 1. The third kappa shape index (κ3) is 5.43. The first-order valence-corrected chi connectivity index (χ1v) is 4.21. The van der Waals surface area contributed by atoms with Crippen molar-refractivity contribution in [1.82, 2.24) is 0 Å². The van der Waals surface area contributed by atoms with Gasteiger partial charge in [-0.3, -0.25) is 10.2 Å². The highest BCUT2D eigenvalue weighted by Gasteiger charge is 2.01. The van der Waals surface area contributed by atoms with Gasteiger partial charge in [-0.2, -0.15) is 0 Å². The van der Waals surface area contributed by atoms with Crippen LogP contribution in [0, 0.1) is 5.41 Å². The Morgan fingerprint density at radius 2 is 1.93 bits per heavy atom. The number of aliphatic hydroxyl groups excluding tert-OH is 1. The Kier molecular flexibility index (Phi) is 5.73. The van der Waals surface area contributed by atoms with Gasteiger partial charge < -0.3 is 15.9 Å². The summed E-state index contributed by atoms with van der Waals surface area (Å²) in [4.78, 5) is 9.00. The monoisotopic (exact) mass is 210 g/mol. The molecule has 0 unspecified atom stereocenters. The summed E-state index contributed by atoms with van der Waals surface area (Å²) in [5, 5.41) is 23.4. The van der Waals surface area contributed by atoms with Crippen LogP contribution in [-0.2, 0) is 11.4 Å². The highest BCUT2D eigenvalue weighted by Crippen LogP contribution is 2.06. The smallest absolute Gasteiger partial charge is 0.300 e. The van der Waals surface area contributed by atoms with E-state index in [0.29, 0.717) is 11.1 Å². The standard InChI is InChI=1S/C8H10N2O.C2H4O2/c9-8(10)7-4-2-1-3-6(7)5-11;1-2(3)4/h1-4,11H,5H2,(H3,9,10);1H3,(H,3,4). The Labute approximate surface area is 87.7 Å². The van der Waals surface area contributed by atoms with Gasteiger partial charge >= 0.3 is 0 Å². The van der Waals surface area contributed by atoms with Gasteiger partial charge in [0.1, 0.15) is 5.84 Å². The maximum atomic E-state index is 9.00. The van der Waals surface area contributed by atoms with Gasteiger partial charge in [-0.25, -0.2) is 0 Å². The van der Waals surface area contributed by atoms with E-state index in [-0.39, 0.29) is 12.4 Å². The van der Waals surface area contributed by atoms with Crippen molar-refractivity contribution in [2.45, 2.75) is 13.5 Å². The Bertz CT molecular complexity index is 346. The number of nitrogens with one attached hydrogen (secondary N) is 1. The summed E-state index contributed by atoms with van der Waals surface area (Å²) < 4.78 is 0. The first-order valence-electron chi connectivity index (χ1n) is 4.21. The molecule has 0 spiro atoms. The Hall–Kier alpha value is -1.88. The van der Waals surface area contributed by atoms with Gasteiger partial charge in [-0.15, -0.1) is 0 Å². The van der Waals surface area contributed by atoms with Crippen LogP contribution in [-0.4, -0.2) is 22.0 Å².